The van der Waals surface area contributed by atoms with Crippen LogP contribution in [0.25, 0.3) is 0 Å². The van der Waals surface area contributed by atoms with Gasteiger partial charge in [0.2, 0.25) is 0 Å². The Balaban J connectivity index is 1.82. The number of nitrogens with zero attached hydrogens (tertiary/aromatic N) is 3. The predicted octanol–water partition coefficient (Wildman–Crippen LogP) is 1.09. The van der Waals surface area contributed by atoms with Crippen LogP contribution < -0.4 is 5.32 Å². The van der Waals surface area contributed by atoms with Crippen molar-refractivity contribution in [3.8, 4) is 0 Å². The fourth-order valence-electron chi connectivity index (χ4n) is 3.16. The van der Waals surface area contributed by atoms with Crippen LogP contribution in [-0.2, 0) is 9.47 Å². The summed E-state index contributed by atoms with van der Waals surface area (Å²) in [6.45, 7) is 4.90. The van der Waals surface area contributed by atoms with Gasteiger partial charge in [0.05, 0.1) is 12.4 Å². The highest BCUT2D eigenvalue weighted by atomic mass is 31.2. The molecule has 1 aromatic heterocycles. The van der Waals surface area contributed by atoms with Crippen LogP contribution in [0.15, 0.2) is 11.3 Å². The number of aliphatic imine (C=N–C) groups is 1. The number of methoxy groups -OCH3 is 1. The molecule has 0 spiro atoms. The number of ether oxygens (including phenoxy) is 2. The maximum absolute atomic E-state index is 10.5. The van der Waals surface area contributed by atoms with Crippen LogP contribution in [0, 0.1) is 0 Å². The molecule has 3 rings (SSSR count). The van der Waals surface area contributed by atoms with Gasteiger partial charge in [-0.1, -0.05) is 0 Å². The minimum Gasteiger partial charge on any atom is -0.388 e. The summed E-state index contributed by atoms with van der Waals surface area (Å²) in [5.74, 6) is 1.36. The van der Waals surface area contributed by atoms with Gasteiger partial charge in [0.25, 0.3) is 0 Å². The van der Waals surface area contributed by atoms with E-state index in [4.69, 9.17) is 9.47 Å². The maximum Gasteiger partial charge on any atom is 0.196 e. The van der Waals surface area contributed by atoms with Gasteiger partial charge in [-0.05, 0) is 32.8 Å². The average Bonchev–Trinajstić information content (AvgIpc) is 3.06. The van der Waals surface area contributed by atoms with Crippen molar-refractivity contribution in [2.75, 3.05) is 31.9 Å². The zero-order valence-electron chi connectivity index (χ0n) is 15.1. The van der Waals surface area contributed by atoms with Crippen molar-refractivity contribution in [2.45, 2.75) is 44.1 Å². The Morgan fingerprint density at radius 2 is 2.12 bits per heavy atom. The summed E-state index contributed by atoms with van der Waals surface area (Å²) < 4.78 is 13.0. The Morgan fingerprint density at radius 3 is 2.76 bits per heavy atom. The van der Waals surface area contributed by atoms with Gasteiger partial charge in [0.1, 0.15) is 29.6 Å². The molecule has 0 aliphatic carbocycles. The summed E-state index contributed by atoms with van der Waals surface area (Å²) in [5, 5.41) is 24.0. The van der Waals surface area contributed by atoms with E-state index in [1.54, 1.807) is 18.0 Å². The topological polar surface area (TPSA) is 101 Å². The number of fused-ring (bicyclic) bond motifs is 1. The highest BCUT2D eigenvalue weighted by Gasteiger charge is 2.45. The molecule has 3 N–H and O–H groups in total. The lowest BCUT2D eigenvalue weighted by Crippen LogP contribution is -2.32. The first-order chi connectivity index (χ1) is 11.7. The molecular weight excluding hydrogens is 343 g/mol. The van der Waals surface area contributed by atoms with E-state index >= 15 is 0 Å². The zero-order valence-corrected chi connectivity index (χ0v) is 16.0. The molecule has 25 heavy (non-hydrogen) atoms. The van der Waals surface area contributed by atoms with E-state index in [0.717, 1.165) is 6.16 Å². The van der Waals surface area contributed by atoms with Gasteiger partial charge >= 0.3 is 0 Å². The van der Waals surface area contributed by atoms with Crippen molar-refractivity contribution in [3.63, 3.8) is 0 Å². The van der Waals surface area contributed by atoms with Crippen LogP contribution in [0.2, 0.25) is 0 Å². The quantitative estimate of drug-likeness (QED) is 0.671. The Bertz CT molecular complexity index is 713. The Kier molecular flexibility index (Phi) is 5.10. The number of aliphatic hydroxyl groups excluding tert-OH is 2. The second-order valence-electron chi connectivity index (χ2n) is 7.31. The Hall–Kier alpha value is -1.18. The molecule has 2 aliphatic heterocycles. The van der Waals surface area contributed by atoms with E-state index in [-0.39, 0.29) is 0 Å². The molecule has 140 valence electrons. The van der Waals surface area contributed by atoms with Crippen LogP contribution in [0.1, 0.15) is 31.5 Å². The number of imidazole rings is 1. The second-order valence-corrected chi connectivity index (χ2v) is 11.6. The summed E-state index contributed by atoms with van der Waals surface area (Å²) >= 11 is 0. The number of rotatable bonds is 5. The van der Waals surface area contributed by atoms with E-state index in [9.17, 15) is 10.2 Å². The number of hydrogen-bond acceptors (Lipinski definition) is 7. The molecule has 0 radical (unpaired) electrons. The minimum absolute atomic E-state index is 0.421. The third-order valence-electron chi connectivity index (χ3n) is 4.52. The fourth-order valence-corrected chi connectivity index (χ4v) is 4.11. The summed E-state index contributed by atoms with van der Waals surface area (Å²) in [7, 11) is 1.57. The van der Waals surface area contributed by atoms with E-state index in [0.29, 0.717) is 23.8 Å². The van der Waals surface area contributed by atoms with Crippen LogP contribution in [0.5, 0.6) is 0 Å². The van der Waals surface area contributed by atoms with Crippen molar-refractivity contribution >= 4 is 24.8 Å². The van der Waals surface area contributed by atoms with Crippen molar-refractivity contribution in [1.82, 2.24) is 9.55 Å². The molecule has 1 saturated heterocycles. The van der Waals surface area contributed by atoms with Crippen LogP contribution >= 0.6 is 6.89 Å². The summed E-state index contributed by atoms with van der Waals surface area (Å²) in [4.78, 5) is 8.69. The smallest absolute Gasteiger partial charge is 0.196 e. The van der Waals surface area contributed by atoms with Crippen molar-refractivity contribution in [2.24, 2.45) is 4.99 Å². The molecule has 0 bridgehead atoms. The molecule has 0 aromatic carbocycles. The first kappa shape index (κ1) is 18.6. The van der Waals surface area contributed by atoms with Crippen molar-refractivity contribution < 1.29 is 19.7 Å². The zero-order chi connectivity index (χ0) is 18.4. The van der Waals surface area contributed by atoms with Gasteiger partial charge in [0, 0.05) is 7.11 Å². The molecule has 5 atom stereocenters. The second kappa shape index (κ2) is 6.85. The van der Waals surface area contributed by atoms with E-state index < -0.39 is 37.7 Å². The number of aromatic nitrogens is 2. The predicted molar refractivity (Wildman–Crippen MR) is 100 cm³/mol. The molecule has 1 aromatic rings. The summed E-state index contributed by atoms with van der Waals surface area (Å²) in [6, 6.07) is 0. The van der Waals surface area contributed by atoms with E-state index in [1.807, 2.05) is 6.92 Å². The molecular formula is C16H27N4O4P. The van der Waals surface area contributed by atoms with Crippen molar-refractivity contribution in [3.05, 3.63) is 12.0 Å². The third kappa shape index (κ3) is 3.68. The monoisotopic (exact) mass is 370 g/mol. The molecule has 0 saturated carbocycles. The number of amidine groups is 1. The van der Waals surface area contributed by atoms with E-state index in [1.165, 1.54) is 0 Å². The molecule has 3 heterocycles. The number of anilines is 1. The van der Waals surface area contributed by atoms with Crippen LogP contribution in [0.4, 0.5) is 5.82 Å². The van der Waals surface area contributed by atoms with Gasteiger partial charge in [-0.3, -0.25) is 4.57 Å². The lowest BCUT2D eigenvalue weighted by Gasteiger charge is -2.24. The van der Waals surface area contributed by atoms with Gasteiger partial charge in [-0.2, -0.15) is 0 Å². The minimum atomic E-state index is -1.22. The number of aliphatic hydroxyl groups is 2. The SMILES string of the molecule is C=P(C)(C)CC[C@H]1OC(n2cnc3c2NC(C)=NC3OC)[C@H](O)[C@@H]1O. The molecule has 0 amide bonds. The summed E-state index contributed by atoms with van der Waals surface area (Å²) in [6.07, 6.45) is 3.74. The van der Waals surface area contributed by atoms with Gasteiger partial charge in [0.15, 0.2) is 12.5 Å². The van der Waals surface area contributed by atoms with E-state index in [2.05, 4.69) is 34.9 Å². The summed E-state index contributed by atoms with van der Waals surface area (Å²) in [5.41, 5.74) is 0.631. The standard InChI is InChI=1S/C16H27N4O4P/c1-9-18-14-11(15(19-9)23-2)17-8-20(14)16-13(22)12(21)10(24-16)6-7-25(3,4)5/h8,10,12-13,15-16,21-22H,3,6-7H2,1-2,4-5H3,(H,18,19)/t10-,12-,13-,15?,16?/m1/s1. The van der Waals surface area contributed by atoms with Gasteiger partial charge < -0.3 is 25.0 Å². The van der Waals surface area contributed by atoms with Crippen LogP contribution in [-0.4, -0.2) is 76.8 Å². The van der Waals surface area contributed by atoms with Gasteiger partial charge in [-0.15, -0.1) is 13.2 Å². The largest absolute Gasteiger partial charge is 0.388 e. The third-order valence-corrected chi connectivity index (χ3v) is 5.99. The lowest BCUT2D eigenvalue weighted by atomic mass is 10.1. The number of nitrogens with one attached hydrogen (secondary N) is 1. The highest BCUT2D eigenvalue weighted by molar-refractivity contribution is 7.72. The Labute approximate surface area is 147 Å². The van der Waals surface area contributed by atoms with Crippen molar-refractivity contribution in [1.29, 1.82) is 0 Å². The maximum atomic E-state index is 10.5. The molecule has 8 nitrogen and oxygen atoms in total. The fraction of sp³-hybridized carbons (Fsp3) is 0.688. The lowest BCUT2D eigenvalue weighted by molar-refractivity contribution is -0.0363. The molecule has 1 fully saturated rings. The first-order valence-corrected chi connectivity index (χ1v) is 11.4. The number of hydrogen-bond donors (Lipinski definition) is 3. The molecule has 9 heteroatoms. The highest BCUT2D eigenvalue weighted by Crippen LogP contribution is 2.41. The normalized spacial score (nSPS) is 32.2. The van der Waals surface area contributed by atoms with Crippen LogP contribution in [0.3, 0.4) is 0 Å². The Morgan fingerprint density at radius 1 is 1.40 bits per heavy atom. The first-order valence-electron chi connectivity index (χ1n) is 8.31. The molecule has 2 unspecified atom stereocenters. The molecule has 2 aliphatic rings. The average molecular weight is 370 g/mol. The van der Waals surface area contributed by atoms with Gasteiger partial charge in [-0.25, -0.2) is 9.98 Å².